The van der Waals surface area contributed by atoms with Gasteiger partial charge in [-0.05, 0) is 62.6 Å². The second-order valence-corrected chi connectivity index (χ2v) is 9.01. The zero-order valence-electron chi connectivity index (χ0n) is 19.2. The first-order chi connectivity index (χ1) is 16.3. The average molecular weight is 498 g/mol. The number of anilines is 2. The first-order valence-electron chi connectivity index (χ1n) is 10.8. The quantitative estimate of drug-likeness (QED) is 0.417. The summed E-state index contributed by atoms with van der Waals surface area (Å²) in [6.45, 7) is 7.85. The highest BCUT2D eigenvalue weighted by atomic mass is 35.5. The predicted molar refractivity (Wildman–Crippen MR) is 136 cm³/mol. The first kappa shape index (κ1) is 23.9. The smallest absolute Gasteiger partial charge is 0.257 e. The Labute approximate surface area is 208 Å². The van der Waals surface area contributed by atoms with Crippen LogP contribution < -0.4 is 15.0 Å². The maximum Gasteiger partial charge on any atom is 0.257 e. The molecule has 34 heavy (non-hydrogen) atoms. The van der Waals surface area contributed by atoms with Gasteiger partial charge in [-0.25, -0.2) is 4.68 Å². The lowest BCUT2D eigenvalue weighted by Crippen LogP contribution is -2.15. The van der Waals surface area contributed by atoms with Gasteiger partial charge in [0.2, 0.25) is 0 Å². The molecule has 2 heterocycles. The van der Waals surface area contributed by atoms with Gasteiger partial charge in [0.15, 0.2) is 5.82 Å². The molecular weight excluding hydrogens is 473 g/mol. The van der Waals surface area contributed by atoms with Crippen molar-refractivity contribution in [1.82, 2.24) is 15.0 Å². The van der Waals surface area contributed by atoms with Crippen molar-refractivity contribution in [3.8, 4) is 5.75 Å². The summed E-state index contributed by atoms with van der Waals surface area (Å²) >= 11 is 12.2. The molecule has 1 amide bonds. The van der Waals surface area contributed by atoms with Crippen LogP contribution >= 0.6 is 23.2 Å². The number of halogens is 2. The van der Waals surface area contributed by atoms with E-state index in [9.17, 15) is 4.79 Å². The third-order valence-electron chi connectivity index (χ3n) is 5.62. The summed E-state index contributed by atoms with van der Waals surface area (Å²) in [6.07, 6.45) is 5.19. The van der Waals surface area contributed by atoms with Crippen molar-refractivity contribution in [3.05, 3.63) is 87.8 Å². The zero-order valence-corrected chi connectivity index (χ0v) is 20.7. The highest BCUT2D eigenvalue weighted by molar-refractivity contribution is 6.42. The Morgan fingerprint density at radius 3 is 2.71 bits per heavy atom. The molecular formula is C25H25Cl2N5O2. The van der Waals surface area contributed by atoms with E-state index in [2.05, 4.69) is 22.2 Å². The fourth-order valence-electron chi connectivity index (χ4n) is 4.03. The summed E-state index contributed by atoms with van der Waals surface area (Å²) in [6, 6.07) is 10.8. The van der Waals surface area contributed by atoms with Gasteiger partial charge in [-0.3, -0.25) is 4.79 Å². The van der Waals surface area contributed by atoms with Gasteiger partial charge in [0.25, 0.3) is 5.91 Å². The molecule has 9 heteroatoms. The van der Waals surface area contributed by atoms with Crippen LogP contribution in [0, 0.1) is 0 Å². The Morgan fingerprint density at radius 1 is 1.24 bits per heavy atom. The molecule has 1 unspecified atom stereocenters. The van der Waals surface area contributed by atoms with Crippen LogP contribution in [-0.4, -0.2) is 28.0 Å². The number of hydrogen-bond acceptors (Lipinski definition) is 5. The number of hydrogen-bond donors (Lipinski definition) is 1. The van der Waals surface area contributed by atoms with Crippen LogP contribution in [0.15, 0.2) is 61.0 Å². The van der Waals surface area contributed by atoms with Crippen molar-refractivity contribution < 1.29 is 9.53 Å². The number of aromatic nitrogens is 3. The van der Waals surface area contributed by atoms with Crippen LogP contribution in [0.2, 0.25) is 10.0 Å². The van der Waals surface area contributed by atoms with Gasteiger partial charge in [-0.1, -0.05) is 46.6 Å². The minimum absolute atomic E-state index is 0.0118. The molecule has 1 atom stereocenters. The first-order valence-corrected chi connectivity index (χ1v) is 11.5. The number of nitrogens with zero attached hydrogens (tertiary/aromatic N) is 4. The minimum Gasteiger partial charge on any atom is -0.495 e. The van der Waals surface area contributed by atoms with E-state index in [1.165, 1.54) is 0 Å². The number of allylic oxidation sites excluding steroid dienone is 1. The third-order valence-corrected chi connectivity index (χ3v) is 6.35. The average Bonchev–Trinajstić information content (AvgIpc) is 3.41. The van der Waals surface area contributed by atoms with Crippen molar-refractivity contribution in [1.29, 1.82) is 0 Å². The van der Waals surface area contributed by atoms with Gasteiger partial charge in [0, 0.05) is 18.0 Å². The van der Waals surface area contributed by atoms with Gasteiger partial charge in [-0.15, -0.1) is 5.10 Å². The van der Waals surface area contributed by atoms with Crippen molar-refractivity contribution in [2.45, 2.75) is 32.7 Å². The van der Waals surface area contributed by atoms with Gasteiger partial charge < -0.3 is 15.0 Å². The Morgan fingerprint density at radius 2 is 2.03 bits per heavy atom. The Kier molecular flexibility index (Phi) is 6.95. The highest BCUT2D eigenvalue weighted by Crippen LogP contribution is 2.36. The molecule has 1 N–H and O–H groups in total. The summed E-state index contributed by atoms with van der Waals surface area (Å²) in [5.41, 5.74) is 4.20. The standard InChI is InChI=1S/C25H25Cl2N5O2/c1-5-31(14-15(2)3)21-9-7-17(13-23(21)34-4)25(33)28-24-22-11-10-20(32(22)30-29-24)16-6-8-18(26)19(27)12-16/h5-9,12-14,20H,1,10-11H2,2-4H3,(H,28,33). The number of ether oxygens (including phenoxy) is 1. The Balaban J connectivity index is 1.56. The van der Waals surface area contributed by atoms with Gasteiger partial charge in [-0.2, -0.15) is 0 Å². The Hall–Kier alpha value is -3.29. The highest BCUT2D eigenvalue weighted by Gasteiger charge is 2.29. The van der Waals surface area contributed by atoms with Crippen LogP contribution in [0.3, 0.4) is 0 Å². The second kappa shape index (κ2) is 9.91. The van der Waals surface area contributed by atoms with Crippen LogP contribution in [0.4, 0.5) is 11.5 Å². The number of benzene rings is 2. The van der Waals surface area contributed by atoms with E-state index in [0.29, 0.717) is 27.2 Å². The number of fused-ring (bicyclic) bond motifs is 1. The minimum atomic E-state index is -0.293. The normalized spacial score (nSPS) is 14.3. The molecule has 4 rings (SSSR count). The lowest BCUT2D eigenvalue weighted by Gasteiger charge is -2.19. The fourth-order valence-corrected chi connectivity index (χ4v) is 4.33. The molecule has 0 radical (unpaired) electrons. The summed E-state index contributed by atoms with van der Waals surface area (Å²) in [5.74, 6) is 0.712. The predicted octanol–water partition coefficient (Wildman–Crippen LogP) is 6.26. The van der Waals surface area contributed by atoms with Crippen LogP contribution in [0.25, 0.3) is 0 Å². The van der Waals surface area contributed by atoms with E-state index >= 15 is 0 Å². The molecule has 1 aliphatic heterocycles. The summed E-state index contributed by atoms with van der Waals surface area (Å²) < 4.78 is 7.37. The molecule has 0 bridgehead atoms. The molecule has 7 nitrogen and oxygen atoms in total. The molecule has 176 valence electrons. The lowest BCUT2D eigenvalue weighted by molar-refractivity contribution is 0.102. The van der Waals surface area contributed by atoms with E-state index in [0.717, 1.165) is 35.4 Å². The van der Waals surface area contributed by atoms with E-state index in [4.69, 9.17) is 27.9 Å². The number of nitrogens with one attached hydrogen (secondary N) is 1. The molecule has 3 aromatic rings. The van der Waals surface area contributed by atoms with Crippen LogP contribution in [0.1, 0.15) is 47.9 Å². The second-order valence-electron chi connectivity index (χ2n) is 8.19. The van der Waals surface area contributed by atoms with Gasteiger partial charge in [0.1, 0.15) is 5.75 Å². The number of amides is 1. The van der Waals surface area contributed by atoms with E-state index in [1.807, 2.05) is 47.8 Å². The SMILES string of the molecule is C=CN(C=C(C)C)c1ccc(C(=O)Nc2nnn3c2CCC3c2ccc(Cl)c(Cl)c2)cc1OC. The molecule has 0 spiro atoms. The van der Waals surface area contributed by atoms with Gasteiger partial charge in [0.05, 0.1) is 34.6 Å². The summed E-state index contributed by atoms with van der Waals surface area (Å²) in [7, 11) is 1.57. The van der Waals surface area contributed by atoms with E-state index in [1.54, 1.807) is 31.5 Å². The molecule has 2 aromatic carbocycles. The molecule has 1 aromatic heterocycles. The van der Waals surface area contributed by atoms with Crippen molar-refractivity contribution in [3.63, 3.8) is 0 Å². The summed E-state index contributed by atoms with van der Waals surface area (Å²) in [5, 5.41) is 12.4. The fraction of sp³-hybridized carbons (Fsp3) is 0.240. The van der Waals surface area contributed by atoms with Crippen molar-refractivity contribution in [2.24, 2.45) is 0 Å². The zero-order chi connectivity index (χ0) is 24.4. The van der Waals surface area contributed by atoms with Crippen molar-refractivity contribution >= 4 is 40.6 Å². The molecule has 0 fully saturated rings. The third kappa shape index (κ3) is 4.67. The number of methoxy groups -OCH3 is 1. The summed E-state index contributed by atoms with van der Waals surface area (Å²) in [4.78, 5) is 14.9. The number of carbonyl (C=O) groups is 1. The van der Waals surface area contributed by atoms with Crippen molar-refractivity contribution in [2.75, 3.05) is 17.3 Å². The van der Waals surface area contributed by atoms with E-state index < -0.39 is 0 Å². The maximum absolute atomic E-state index is 13.0. The molecule has 1 aliphatic rings. The number of rotatable bonds is 7. The lowest BCUT2D eigenvalue weighted by atomic mass is 10.1. The molecule has 0 saturated heterocycles. The largest absolute Gasteiger partial charge is 0.495 e. The van der Waals surface area contributed by atoms with Gasteiger partial charge >= 0.3 is 0 Å². The number of carbonyl (C=O) groups excluding carboxylic acids is 1. The monoisotopic (exact) mass is 497 g/mol. The Bertz CT molecular complexity index is 1280. The van der Waals surface area contributed by atoms with Crippen LogP contribution in [0.5, 0.6) is 5.75 Å². The van der Waals surface area contributed by atoms with Crippen LogP contribution in [-0.2, 0) is 6.42 Å². The topological polar surface area (TPSA) is 72.3 Å². The van der Waals surface area contributed by atoms with E-state index in [-0.39, 0.29) is 11.9 Å². The molecule has 0 aliphatic carbocycles. The molecule has 0 saturated carbocycles. The maximum atomic E-state index is 13.0.